The zero-order chi connectivity index (χ0) is 28.2. The molecule has 6 rings (SSSR count). The molecule has 4 N–H and O–H groups in total. The van der Waals surface area contributed by atoms with E-state index in [0.717, 1.165) is 48.2 Å². The average molecular weight is 552 g/mol. The number of likely N-dealkylation sites (tertiary alicyclic amines) is 1. The number of piperidine rings is 1. The Morgan fingerprint density at radius 1 is 0.927 bits per heavy atom. The molecule has 2 aliphatic rings. The van der Waals surface area contributed by atoms with Gasteiger partial charge in [-0.05, 0) is 61.7 Å². The number of nitrogens with one attached hydrogen (secondary N) is 2. The molecule has 2 saturated heterocycles. The summed E-state index contributed by atoms with van der Waals surface area (Å²) in [5, 5.41) is 10.9. The number of carbonyl (C=O) groups excluding carboxylic acids is 2. The summed E-state index contributed by atoms with van der Waals surface area (Å²) < 4.78 is 7.66. The van der Waals surface area contributed by atoms with Gasteiger partial charge in [0, 0.05) is 42.7 Å². The Bertz CT molecular complexity index is 1530. The highest BCUT2D eigenvalue weighted by Crippen LogP contribution is 2.26. The van der Waals surface area contributed by atoms with Crippen molar-refractivity contribution in [2.75, 3.05) is 31.9 Å². The third-order valence-electron chi connectivity index (χ3n) is 7.71. The second-order valence-electron chi connectivity index (χ2n) is 10.5. The zero-order valence-electron chi connectivity index (χ0n) is 22.7. The predicted molar refractivity (Wildman–Crippen MR) is 156 cm³/mol. The maximum absolute atomic E-state index is 13.2. The monoisotopic (exact) mass is 551 g/mol. The number of pyridine rings is 1. The Hall–Kier alpha value is -4.70. The van der Waals surface area contributed by atoms with Crippen molar-refractivity contribution in [2.24, 2.45) is 0 Å². The summed E-state index contributed by atoms with van der Waals surface area (Å²) in [6.07, 6.45) is 7.69. The summed E-state index contributed by atoms with van der Waals surface area (Å²) >= 11 is 0. The van der Waals surface area contributed by atoms with Crippen LogP contribution in [0.1, 0.15) is 35.7 Å². The van der Waals surface area contributed by atoms with Crippen LogP contribution in [0.25, 0.3) is 22.3 Å². The van der Waals surface area contributed by atoms with Crippen molar-refractivity contribution < 1.29 is 14.3 Å². The van der Waals surface area contributed by atoms with Gasteiger partial charge in [0.25, 0.3) is 5.91 Å². The molecule has 2 aromatic carbocycles. The van der Waals surface area contributed by atoms with Crippen molar-refractivity contribution >= 4 is 17.8 Å². The molecule has 0 spiro atoms. The van der Waals surface area contributed by atoms with Crippen LogP contribution in [-0.4, -0.2) is 63.9 Å². The van der Waals surface area contributed by atoms with Crippen molar-refractivity contribution in [1.82, 2.24) is 30.3 Å². The van der Waals surface area contributed by atoms with Crippen LogP contribution in [0.3, 0.4) is 0 Å². The van der Waals surface area contributed by atoms with Crippen LogP contribution >= 0.6 is 0 Å². The molecule has 210 valence electrons. The van der Waals surface area contributed by atoms with E-state index in [0.29, 0.717) is 36.9 Å². The SMILES string of the molecule is Nc1ncc(-c2cnn(C3CCNCC3)c2)cc1C(=O)N[C@@H]1CCN(C(=O)Oc2cccc(-c3ccccc3)c2)C1. The summed E-state index contributed by atoms with van der Waals surface area (Å²) in [6, 6.07) is 19.3. The van der Waals surface area contributed by atoms with E-state index in [2.05, 4.69) is 20.7 Å². The molecule has 1 atom stereocenters. The molecule has 0 unspecified atom stereocenters. The minimum absolute atomic E-state index is 0.157. The maximum atomic E-state index is 13.2. The smallest absolute Gasteiger partial charge is 0.410 e. The van der Waals surface area contributed by atoms with E-state index >= 15 is 0 Å². The number of nitrogens with two attached hydrogens (primary N) is 1. The van der Waals surface area contributed by atoms with Crippen molar-refractivity contribution in [2.45, 2.75) is 31.3 Å². The van der Waals surface area contributed by atoms with Crippen molar-refractivity contribution in [3.8, 4) is 28.0 Å². The van der Waals surface area contributed by atoms with Gasteiger partial charge in [-0.3, -0.25) is 9.48 Å². The topological polar surface area (TPSA) is 127 Å². The lowest BCUT2D eigenvalue weighted by Crippen LogP contribution is -2.39. The number of rotatable bonds is 6. The Kier molecular flexibility index (Phi) is 7.64. The van der Waals surface area contributed by atoms with Crippen molar-refractivity contribution in [3.63, 3.8) is 0 Å². The fourth-order valence-electron chi connectivity index (χ4n) is 5.42. The molecule has 41 heavy (non-hydrogen) atoms. The van der Waals surface area contributed by atoms with Gasteiger partial charge in [0.2, 0.25) is 0 Å². The van der Waals surface area contributed by atoms with Crippen LogP contribution < -0.4 is 21.1 Å². The Morgan fingerprint density at radius 3 is 2.56 bits per heavy atom. The molecule has 2 aromatic heterocycles. The number of amides is 2. The predicted octanol–water partition coefficient (Wildman–Crippen LogP) is 4.12. The van der Waals surface area contributed by atoms with Gasteiger partial charge >= 0.3 is 6.09 Å². The molecule has 4 heterocycles. The van der Waals surface area contributed by atoms with Crippen LogP contribution in [0.4, 0.5) is 10.6 Å². The van der Waals surface area contributed by atoms with Crippen molar-refractivity contribution in [3.05, 3.63) is 84.8 Å². The number of carbonyl (C=O) groups is 2. The van der Waals surface area contributed by atoms with Gasteiger partial charge in [0.05, 0.1) is 17.8 Å². The van der Waals surface area contributed by atoms with Gasteiger partial charge in [0.15, 0.2) is 0 Å². The number of aromatic nitrogens is 3. The first-order valence-electron chi connectivity index (χ1n) is 14.0. The van der Waals surface area contributed by atoms with E-state index in [-0.39, 0.29) is 17.8 Å². The van der Waals surface area contributed by atoms with Crippen LogP contribution in [-0.2, 0) is 0 Å². The van der Waals surface area contributed by atoms with E-state index in [1.54, 1.807) is 29.4 Å². The van der Waals surface area contributed by atoms with Gasteiger partial charge < -0.3 is 26.0 Å². The quantitative estimate of drug-likeness (QED) is 0.329. The van der Waals surface area contributed by atoms with Crippen LogP contribution in [0.15, 0.2) is 79.3 Å². The molecule has 2 amide bonds. The first-order chi connectivity index (χ1) is 20.0. The van der Waals surface area contributed by atoms with E-state index < -0.39 is 6.09 Å². The van der Waals surface area contributed by atoms with Gasteiger partial charge in [-0.15, -0.1) is 0 Å². The first-order valence-corrected chi connectivity index (χ1v) is 14.0. The molecule has 0 radical (unpaired) electrons. The summed E-state index contributed by atoms with van der Waals surface area (Å²) in [7, 11) is 0. The van der Waals surface area contributed by atoms with Crippen LogP contribution in [0.2, 0.25) is 0 Å². The molecule has 10 nitrogen and oxygen atoms in total. The number of nitrogens with zero attached hydrogens (tertiary/aromatic N) is 4. The minimum Gasteiger partial charge on any atom is -0.410 e. The lowest BCUT2D eigenvalue weighted by atomic mass is 10.1. The largest absolute Gasteiger partial charge is 0.415 e. The lowest BCUT2D eigenvalue weighted by Gasteiger charge is -2.22. The highest BCUT2D eigenvalue weighted by atomic mass is 16.6. The van der Waals surface area contributed by atoms with Crippen LogP contribution in [0.5, 0.6) is 5.75 Å². The molecule has 4 aromatic rings. The standard InChI is InChI=1S/C31H33N7O3/c32-29-28(16-23(17-34-29)24-18-35-38(19-24)26-9-12-33-13-10-26)30(39)36-25-11-14-37(20-25)31(40)41-27-8-4-7-22(15-27)21-5-2-1-3-6-21/h1-8,15-19,25-26,33H,9-14,20H2,(H2,32,34)(H,36,39)/t25-/m1/s1. The molecular formula is C31H33N7O3. The number of hydrogen-bond donors (Lipinski definition) is 3. The Labute approximate surface area is 238 Å². The summed E-state index contributed by atoms with van der Waals surface area (Å²) in [4.78, 5) is 32.0. The molecule has 0 bridgehead atoms. The Morgan fingerprint density at radius 2 is 1.73 bits per heavy atom. The molecule has 0 saturated carbocycles. The third kappa shape index (κ3) is 6.07. The molecule has 0 aliphatic carbocycles. The second kappa shape index (κ2) is 11.8. The fourth-order valence-corrected chi connectivity index (χ4v) is 5.42. The number of ether oxygens (including phenoxy) is 1. The average Bonchev–Trinajstić information content (AvgIpc) is 3.69. The lowest BCUT2D eigenvalue weighted by molar-refractivity contribution is 0.0937. The summed E-state index contributed by atoms with van der Waals surface area (Å²) in [5.74, 6) is 0.311. The van der Waals surface area contributed by atoms with Gasteiger partial charge in [0.1, 0.15) is 11.6 Å². The third-order valence-corrected chi connectivity index (χ3v) is 7.71. The molecule has 2 aliphatic heterocycles. The number of anilines is 1. The van der Waals surface area contributed by atoms with E-state index in [1.165, 1.54) is 0 Å². The molecule has 10 heteroatoms. The second-order valence-corrected chi connectivity index (χ2v) is 10.5. The van der Waals surface area contributed by atoms with Gasteiger partial charge in [-0.2, -0.15) is 5.10 Å². The van der Waals surface area contributed by atoms with E-state index in [9.17, 15) is 9.59 Å². The number of benzene rings is 2. The zero-order valence-corrected chi connectivity index (χ0v) is 22.7. The summed E-state index contributed by atoms with van der Waals surface area (Å²) in [6.45, 7) is 2.78. The van der Waals surface area contributed by atoms with E-state index in [1.807, 2.05) is 59.4 Å². The minimum atomic E-state index is -0.444. The van der Waals surface area contributed by atoms with Gasteiger partial charge in [-0.1, -0.05) is 42.5 Å². The first kappa shape index (κ1) is 26.5. The highest BCUT2D eigenvalue weighted by Gasteiger charge is 2.29. The number of hydrogen-bond acceptors (Lipinski definition) is 7. The normalized spacial score (nSPS) is 17.4. The van der Waals surface area contributed by atoms with Crippen LogP contribution in [0, 0.1) is 0 Å². The highest BCUT2D eigenvalue weighted by molar-refractivity contribution is 5.99. The van der Waals surface area contributed by atoms with Gasteiger partial charge in [-0.25, -0.2) is 9.78 Å². The molecular weight excluding hydrogens is 518 g/mol. The molecule has 2 fully saturated rings. The fraction of sp³-hybridized carbons (Fsp3) is 0.290. The maximum Gasteiger partial charge on any atom is 0.415 e. The van der Waals surface area contributed by atoms with Crippen molar-refractivity contribution in [1.29, 1.82) is 0 Å². The number of nitrogen functional groups attached to an aromatic ring is 1. The summed E-state index contributed by atoms with van der Waals surface area (Å²) in [5.41, 5.74) is 10.1. The van der Waals surface area contributed by atoms with E-state index in [4.69, 9.17) is 10.5 Å². The Balaban J connectivity index is 1.07.